The minimum absolute atomic E-state index is 0.0840. The number of anilines is 1. The van der Waals surface area contributed by atoms with Crippen LogP contribution in [0.4, 0.5) is 11.4 Å². The van der Waals surface area contributed by atoms with Gasteiger partial charge in [0.25, 0.3) is 5.69 Å². The zero-order valence-electron chi connectivity index (χ0n) is 19.6. The van der Waals surface area contributed by atoms with Crippen LogP contribution in [0, 0.1) is 10.1 Å². The Morgan fingerprint density at radius 2 is 1.76 bits per heavy atom. The van der Waals surface area contributed by atoms with Crippen LogP contribution >= 0.6 is 0 Å². The minimum atomic E-state index is -3.87. The smallest absolute Gasteiger partial charge is 0.271 e. The average molecular weight is 489 g/mol. The van der Waals surface area contributed by atoms with E-state index in [-0.39, 0.29) is 24.3 Å². The van der Waals surface area contributed by atoms with Crippen LogP contribution in [0.25, 0.3) is 0 Å². The van der Waals surface area contributed by atoms with Crippen molar-refractivity contribution < 1.29 is 18.1 Å². The van der Waals surface area contributed by atoms with Crippen molar-refractivity contribution in [2.75, 3.05) is 23.7 Å². The molecule has 0 bridgehead atoms. The van der Waals surface area contributed by atoms with Crippen LogP contribution < -0.4 is 9.62 Å². The van der Waals surface area contributed by atoms with Crippen LogP contribution in [0.2, 0.25) is 0 Å². The Morgan fingerprint density at radius 3 is 2.35 bits per heavy atom. The van der Waals surface area contributed by atoms with Gasteiger partial charge in [-0.1, -0.05) is 43.7 Å². The highest BCUT2D eigenvalue weighted by molar-refractivity contribution is 7.92. The summed E-state index contributed by atoms with van der Waals surface area (Å²) in [5.41, 5.74) is 1.97. The first-order chi connectivity index (χ1) is 16.2. The Morgan fingerprint density at radius 1 is 1.12 bits per heavy atom. The third-order valence-corrected chi connectivity index (χ3v) is 7.15. The molecule has 1 N–H and O–H groups in total. The summed E-state index contributed by atoms with van der Waals surface area (Å²) in [6.45, 7) is 5.12. The number of nitrogens with zero attached hydrogens (tertiary/aromatic N) is 3. The molecule has 2 aromatic rings. The van der Waals surface area contributed by atoms with Gasteiger partial charge in [0.15, 0.2) is 0 Å². The highest BCUT2D eigenvalue weighted by atomic mass is 32.2. The fourth-order valence-electron chi connectivity index (χ4n) is 4.25. The monoisotopic (exact) mass is 488 g/mol. The molecular formula is C24H32N4O5S. The molecule has 0 radical (unpaired) electrons. The number of nitro groups is 1. The molecule has 2 aromatic carbocycles. The molecule has 10 heteroatoms. The molecule has 1 fully saturated rings. The van der Waals surface area contributed by atoms with E-state index in [0.717, 1.165) is 41.8 Å². The van der Waals surface area contributed by atoms with Gasteiger partial charge in [0.1, 0.15) is 6.04 Å². The first kappa shape index (κ1) is 25.6. The lowest BCUT2D eigenvalue weighted by molar-refractivity contribution is -0.384. The molecule has 0 spiro atoms. The number of rotatable bonds is 10. The maximum atomic E-state index is 13.0. The molecule has 1 heterocycles. The minimum Gasteiger partial charge on any atom is -0.350 e. The molecule has 1 saturated heterocycles. The number of nitrogens with one attached hydrogen (secondary N) is 1. The Hall–Kier alpha value is -2.98. The number of piperidine rings is 1. The van der Waals surface area contributed by atoms with Crippen molar-refractivity contribution in [2.45, 2.75) is 51.7 Å². The van der Waals surface area contributed by atoms with Crippen molar-refractivity contribution in [1.82, 2.24) is 10.2 Å². The molecule has 34 heavy (non-hydrogen) atoms. The number of hydrogen-bond acceptors (Lipinski definition) is 6. The number of carbonyl (C=O) groups is 1. The summed E-state index contributed by atoms with van der Waals surface area (Å²) in [7, 11) is -3.87. The van der Waals surface area contributed by atoms with Gasteiger partial charge >= 0.3 is 0 Å². The number of amides is 1. The predicted octanol–water partition coefficient (Wildman–Crippen LogP) is 3.44. The zero-order chi connectivity index (χ0) is 24.7. The summed E-state index contributed by atoms with van der Waals surface area (Å²) in [5, 5.41) is 14.0. The number of carbonyl (C=O) groups excluding carboxylic acids is 1. The molecule has 9 nitrogen and oxygen atoms in total. The van der Waals surface area contributed by atoms with Crippen LogP contribution in [0.15, 0.2) is 48.5 Å². The molecular weight excluding hydrogens is 456 g/mol. The van der Waals surface area contributed by atoms with E-state index < -0.39 is 26.9 Å². The fourth-order valence-corrected chi connectivity index (χ4v) is 5.45. The van der Waals surface area contributed by atoms with Gasteiger partial charge in [-0.25, -0.2) is 8.42 Å². The average Bonchev–Trinajstić information content (AvgIpc) is 2.81. The largest absolute Gasteiger partial charge is 0.350 e. The van der Waals surface area contributed by atoms with Crippen molar-refractivity contribution in [3.05, 3.63) is 69.8 Å². The van der Waals surface area contributed by atoms with Crippen molar-refractivity contribution in [1.29, 1.82) is 0 Å². The molecule has 1 unspecified atom stereocenters. The summed E-state index contributed by atoms with van der Waals surface area (Å²) < 4.78 is 26.1. The summed E-state index contributed by atoms with van der Waals surface area (Å²) >= 11 is 0. The Labute approximate surface area is 201 Å². The Kier molecular flexibility index (Phi) is 8.62. The third-order valence-electron chi connectivity index (χ3n) is 5.97. The first-order valence-corrected chi connectivity index (χ1v) is 13.4. The van der Waals surface area contributed by atoms with Crippen LogP contribution in [-0.2, 0) is 27.9 Å². The molecule has 184 valence electrons. The highest BCUT2D eigenvalue weighted by Crippen LogP contribution is 2.26. The van der Waals surface area contributed by atoms with Gasteiger partial charge in [0.2, 0.25) is 15.9 Å². The van der Waals surface area contributed by atoms with Crippen LogP contribution in [0.5, 0.6) is 0 Å². The van der Waals surface area contributed by atoms with Gasteiger partial charge in [-0.3, -0.25) is 24.1 Å². The van der Waals surface area contributed by atoms with Crippen LogP contribution in [0.1, 0.15) is 43.7 Å². The van der Waals surface area contributed by atoms with Crippen molar-refractivity contribution >= 4 is 27.3 Å². The lowest BCUT2D eigenvalue weighted by atomic mass is 10.1. The summed E-state index contributed by atoms with van der Waals surface area (Å²) in [5.74, 6) is -0.461. The number of benzene rings is 2. The van der Waals surface area contributed by atoms with Crippen LogP contribution in [-0.4, -0.2) is 49.5 Å². The summed E-state index contributed by atoms with van der Waals surface area (Å²) in [6, 6.07) is 12.3. The van der Waals surface area contributed by atoms with Gasteiger partial charge < -0.3 is 5.32 Å². The van der Waals surface area contributed by atoms with Gasteiger partial charge in [0.05, 0.1) is 16.9 Å². The Balaban J connectivity index is 1.68. The summed E-state index contributed by atoms with van der Waals surface area (Å²) in [4.78, 5) is 26.0. The van der Waals surface area contributed by atoms with Crippen molar-refractivity contribution in [3.8, 4) is 0 Å². The van der Waals surface area contributed by atoms with Gasteiger partial charge in [-0.15, -0.1) is 0 Å². The van der Waals surface area contributed by atoms with Gasteiger partial charge in [0, 0.05) is 25.2 Å². The Bertz CT molecular complexity index is 1100. The molecule has 1 aliphatic heterocycles. The second kappa shape index (κ2) is 11.4. The first-order valence-electron chi connectivity index (χ1n) is 11.5. The second-order valence-electron chi connectivity index (χ2n) is 8.63. The SMILES string of the molecule is CCC(C(=O)NCc1ccc(CN2CCCCC2)cc1)N(c1cccc([N+](=O)[O-])c1)S(C)(=O)=O. The second-order valence-corrected chi connectivity index (χ2v) is 10.5. The van der Waals surface area contributed by atoms with Crippen molar-refractivity contribution in [3.63, 3.8) is 0 Å². The van der Waals surface area contributed by atoms with Crippen molar-refractivity contribution in [2.24, 2.45) is 0 Å². The molecule has 0 saturated carbocycles. The number of non-ortho nitro benzene ring substituents is 1. The standard InChI is InChI=1S/C24H32N4O5S/c1-3-23(27(34(2,32)33)21-8-7-9-22(16-21)28(30)31)24(29)25-17-19-10-12-20(13-11-19)18-26-14-5-4-6-15-26/h7-13,16,23H,3-6,14-15,17-18H2,1-2H3,(H,25,29). The third kappa shape index (κ3) is 6.77. The molecule has 1 atom stereocenters. The number of likely N-dealkylation sites (tertiary alicyclic amines) is 1. The van der Waals surface area contributed by atoms with Crippen LogP contribution in [0.3, 0.4) is 0 Å². The normalized spacial score (nSPS) is 15.5. The quantitative estimate of drug-likeness (QED) is 0.405. The summed E-state index contributed by atoms with van der Waals surface area (Å²) in [6.07, 6.45) is 4.97. The molecule has 1 amide bonds. The van der Waals surface area contributed by atoms with Gasteiger partial charge in [-0.2, -0.15) is 0 Å². The number of sulfonamides is 1. The number of nitro benzene ring substituents is 1. The topological polar surface area (TPSA) is 113 Å². The fraction of sp³-hybridized carbons (Fsp3) is 0.458. The van der Waals surface area contributed by atoms with E-state index in [0.29, 0.717) is 0 Å². The number of hydrogen-bond donors (Lipinski definition) is 1. The zero-order valence-corrected chi connectivity index (χ0v) is 20.5. The highest BCUT2D eigenvalue weighted by Gasteiger charge is 2.32. The molecule has 0 aliphatic carbocycles. The molecule has 1 aliphatic rings. The lowest BCUT2D eigenvalue weighted by Crippen LogP contribution is -2.49. The maximum Gasteiger partial charge on any atom is 0.271 e. The van der Waals surface area contributed by atoms with E-state index in [1.807, 2.05) is 12.1 Å². The van der Waals surface area contributed by atoms with E-state index in [9.17, 15) is 23.3 Å². The predicted molar refractivity (Wildman–Crippen MR) is 132 cm³/mol. The van der Waals surface area contributed by atoms with E-state index >= 15 is 0 Å². The lowest BCUT2D eigenvalue weighted by Gasteiger charge is -2.30. The van der Waals surface area contributed by atoms with Gasteiger partial charge in [-0.05, 0) is 49.5 Å². The van der Waals surface area contributed by atoms with E-state index in [1.54, 1.807) is 6.92 Å². The maximum absolute atomic E-state index is 13.0. The molecule has 3 rings (SSSR count). The molecule has 0 aromatic heterocycles. The van der Waals surface area contributed by atoms with E-state index in [4.69, 9.17) is 0 Å². The van der Waals surface area contributed by atoms with E-state index in [2.05, 4.69) is 22.3 Å². The van der Waals surface area contributed by atoms with E-state index in [1.165, 1.54) is 43.0 Å².